The highest BCUT2D eigenvalue weighted by molar-refractivity contribution is 14.1. The van der Waals surface area contributed by atoms with Gasteiger partial charge in [-0.25, -0.2) is 0 Å². The smallest absolute Gasteiger partial charge is 0.138 e. The van der Waals surface area contributed by atoms with Gasteiger partial charge in [0.1, 0.15) is 28.5 Å². The Balaban J connectivity index is 2.84. The molecule has 1 aliphatic heterocycles. The van der Waals surface area contributed by atoms with Crippen LogP contribution >= 0.6 is 22.6 Å². The van der Waals surface area contributed by atoms with Gasteiger partial charge in [-0.3, -0.25) is 0 Å². The summed E-state index contributed by atoms with van der Waals surface area (Å²) in [6, 6.07) is 0. The van der Waals surface area contributed by atoms with Crippen molar-refractivity contribution >= 4 is 22.6 Å². The maximum absolute atomic E-state index is 6.35. The molecule has 168 valence electrons. The van der Waals surface area contributed by atoms with Gasteiger partial charge < -0.3 is 23.7 Å². The van der Waals surface area contributed by atoms with Crippen LogP contribution in [0, 0.1) is 0 Å². The summed E-state index contributed by atoms with van der Waals surface area (Å²) in [5, 5.41) is 0. The first kappa shape index (κ1) is 26.6. The summed E-state index contributed by atoms with van der Waals surface area (Å²) in [7, 11) is 0. The van der Waals surface area contributed by atoms with Crippen LogP contribution in [0.5, 0.6) is 0 Å². The van der Waals surface area contributed by atoms with Gasteiger partial charge in [-0.1, -0.05) is 53.4 Å². The third-order valence-electron chi connectivity index (χ3n) is 4.93. The predicted octanol–water partition coefficient (Wildman–Crippen LogP) is 5.52. The van der Waals surface area contributed by atoms with Gasteiger partial charge in [0.05, 0.1) is 6.61 Å². The maximum atomic E-state index is 6.35. The van der Waals surface area contributed by atoms with E-state index >= 15 is 0 Å². The van der Waals surface area contributed by atoms with Crippen LogP contribution in [0.4, 0.5) is 0 Å². The lowest BCUT2D eigenvalue weighted by molar-refractivity contribution is -0.243. The summed E-state index contributed by atoms with van der Waals surface area (Å²) in [6.07, 6.45) is 8.18. The molecule has 0 saturated carbocycles. The number of halogens is 1. The zero-order valence-electron chi connectivity index (χ0n) is 18.5. The van der Waals surface area contributed by atoms with E-state index in [4.69, 9.17) is 23.7 Å². The average Bonchev–Trinajstić information content (AvgIpc) is 2.69. The predicted molar refractivity (Wildman–Crippen MR) is 122 cm³/mol. The zero-order chi connectivity index (χ0) is 20.6. The largest absolute Gasteiger partial charge is 0.379 e. The van der Waals surface area contributed by atoms with Crippen LogP contribution in [-0.2, 0) is 23.7 Å². The van der Waals surface area contributed by atoms with Gasteiger partial charge in [-0.15, -0.1) is 0 Å². The Morgan fingerprint density at radius 2 is 1.11 bits per heavy atom. The summed E-state index contributed by atoms with van der Waals surface area (Å²) in [6.45, 7) is 12.2. The highest BCUT2D eigenvalue weighted by Gasteiger charge is 2.47. The minimum atomic E-state index is -0.150. The molecule has 6 heteroatoms. The Kier molecular flexibility index (Phi) is 16.4. The molecule has 0 bridgehead atoms. The van der Waals surface area contributed by atoms with Crippen molar-refractivity contribution in [3.05, 3.63) is 0 Å². The van der Waals surface area contributed by atoms with Gasteiger partial charge in [-0.2, -0.15) is 0 Å². The second-order valence-corrected chi connectivity index (χ2v) is 8.75. The van der Waals surface area contributed by atoms with Crippen molar-refractivity contribution in [3.8, 4) is 0 Å². The molecule has 0 aromatic heterocycles. The first-order valence-corrected chi connectivity index (χ1v) is 12.7. The highest BCUT2D eigenvalue weighted by Crippen LogP contribution is 2.32. The van der Waals surface area contributed by atoms with E-state index in [2.05, 4.69) is 50.3 Å². The molecular weight excluding hydrogens is 471 g/mol. The quantitative estimate of drug-likeness (QED) is 0.145. The van der Waals surface area contributed by atoms with Gasteiger partial charge in [-0.05, 0) is 48.3 Å². The molecule has 1 rings (SSSR count). The topological polar surface area (TPSA) is 46.2 Å². The third kappa shape index (κ3) is 10.0. The molecule has 0 aromatic rings. The Morgan fingerprint density at radius 1 is 0.643 bits per heavy atom. The van der Waals surface area contributed by atoms with Crippen LogP contribution in [0.2, 0.25) is 0 Å². The van der Waals surface area contributed by atoms with Crippen molar-refractivity contribution in [3.63, 3.8) is 0 Å². The van der Waals surface area contributed by atoms with Crippen LogP contribution in [-0.4, -0.2) is 61.6 Å². The lowest BCUT2D eigenvalue weighted by Gasteiger charge is -2.44. The second-order valence-electron chi connectivity index (χ2n) is 7.52. The molecule has 0 amide bonds. The molecule has 5 atom stereocenters. The van der Waals surface area contributed by atoms with Gasteiger partial charge >= 0.3 is 0 Å². The van der Waals surface area contributed by atoms with Crippen molar-refractivity contribution in [2.75, 3.05) is 33.0 Å². The summed E-state index contributed by atoms with van der Waals surface area (Å²) in [5.74, 6) is 0. The van der Waals surface area contributed by atoms with E-state index < -0.39 is 0 Å². The average molecular weight is 514 g/mol. The maximum Gasteiger partial charge on any atom is 0.138 e. The number of ether oxygens (including phenoxy) is 5. The van der Waals surface area contributed by atoms with E-state index in [0.717, 1.165) is 77.8 Å². The Labute approximate surface area is 186 Å². The Bertz CT molecular complexity index is 358. The molecule has 4 unspecified atom stereocenters. The molecule has 5 nitrogen and oxygen atoms in total. The fourth-order valence-electron chi connectivity index (χ4n) is 3.10. The lowest BCUT2D eigenvalue weighted by atomic mass is 9.99. The molecule has 1 heterocycles. The molecule has 0 N–H and O–H groups in total. The number of hydrogen-bond acceptors (Lipinski definition) is 5. The van der Waals surface area contributed by atoms with Crippen molar-refractivity contribution < 1.29 is 23.7 Å². The van der Waals surface area contributed by atoms with E-state index in [1.807, 2.05) is 0 Å². The minimum Gasteiger partial charge on any atom is -0.379 e. The van der Waals surface area contributed by atoms with Crippen molar-refractivity contribution in [2.45, 2.75) is 108 Å². The van der Waals surface area contributed by atoms with E-state index in [0.29, 0.717) is 6.61 Å². The number of alkyl halides is 1. The van der Waals surface area contributed by atoms with Gasteiger partial charge in [0, 0.05) is 26.4 Å². The second kappa shape index (κ2) is 17.2. The molecule has 0 aliphatic carbocycles. The highest BCUT2D eigenvalue weighted by atomic mass is 127. The zero-order valence-corrected chi connectivity index (χ0v) is 20.7. The summed E-state index contributed by atoms with van der Waals surface area (Å²) >= 11 is 2.35. The van der Waals surface area contributed by atoms with E-state index in [9.17, 15) is 0 Å². The fourth-order valence-corrected chi connectivity index (χ4v) is 4.10. The Hall–Kier alpha value is 0.530. The number of rotatable bonds is 17. The molecule has 1 aliphatic rings. The number of hydrogen-bond donors (Lipinski definition) is 0. The van der Waals surface area contributed by atoms with E-state index in [-0.39, 0.29) is 28.5 Å². The third-order valence-corrected chi connectivity index (χ3v) is 5.93. The standard InChI is InChI=1S/C22H43IO5/c1-5-9-13-24-17-18-19(25-14-10-6-2)20(26-15-11-7-3)21(22(23)28-18)27-16-12-8-4/h18-22H,5-17H2,1-4H3/t18?,19?,20?,21-,22?/m0/s1. The summed E-state index contributed by atoms with van der Waals surface area (Å²) in [5.41, 5.74) is 0. The number of unbranched alkanes of at least 4 members (excludes halogenated alkanes) is 4. The van der Waals surface area contributed by atoms with Crippen LogP contribution in [0.25, 0.3) is 0 Å². The SMILES string of the molecule is CCCCOCC1OC(I)[C@@H](OCCCC)C(OCCCC)C1OCCCC. The van der Waals surface area contributed by atoms with Crippen LogP contribution in [0.15, 0.2) is 0 Å². The molecule has 0 spiro atoms. The van der Waals surface area contributed by atoms with E-state index in [1.165, 1.54) is 0 Å². The monoisotopic (exact) mass is 514 g/mol. The van der Waals surface area contributed by atoms with Gasteiger partial charge in [0.15, 0.2) is 0 Å². The van der Waals surface area contributed by atoms with Crippen molar-refractivity contribution in [1.29, 1.82) is 0 Å². The normalized spacial score (nSPS) is 28.0. The molecule has 28 heavy (non-hydrogen) atoms. The van der Waals surface area contributed by atoms with Crippen LogP contribution in [0.3, 0.4) is 0 Å². The lowest BCUT2D eigenvalue weighted by Crippen LogP contribution is -2.60. The summed E-state index contributed by atoms with van der Waals surface area (Å²) in [4.78, 5) is 0. The molecular formula is C22H43IO5. The fraction of sp³-hybridized carbons (Fsp3) is 1.00. The molecule has 1 saturated heterocycles. The first-order chi connectivity index (χ1) is 13.7. The van der Waals surface area contributed by atoms with Crippen LogP contribution < -0.4 is 0 Å². The van der Waals surface area contributed by atoms with Crippen molar-refractivity contribution in [2.24, 2.45) is 0 Å². The molecule has 0 aromatic carbocycles. The molecule has 0 radical (unpaired) electrons. The summed E-state index contributed by atoms with van der Waals surface area (Å²) < 4.78 is 31.0. The Morgan fingerprint density at radius 3 is 1.64 bits per heavy atom. The minimum absolute atomic E-state index is 0.0631. The van der Waals surface area contributed by atoms with Gasteiger partial charge in [0.2, 0.25) is 0 Å². The van der Waals surface area contributed by atoms with Gasteiger partial charge in [0.25, 0.3) is 0 Å². The molecule has 1 fully saturated rings. The first-order valence-electron chi connectivity index (χ1n) is 11.4. The van der Waals surface area contributed by atoms with Crippen LogP contribution in [0.1, 0.15) is 79.1 Å². The van der Waals surface area contributed by atoms with Crippen molar-refractivity contribution in [1.82, 2.24) is 0 Å². The van der Waals surface area contributed by atoms with E-state index in [1.54, 1.807) is 0 Å².